The number of carbonyl (C=O) groups is 1. The van der Waals surface area contributed by atoms with Crippen molar-refractivity contribution in [3.8, 4) is 17.8 Å². The fraction of sp³-hybridized carbons (Fsp3) is 0.280. The molecule has 0 spiro atoms. The van der Waals surface area contributed by atoms with E-state index in [1.54, 1.807) is 18.7 Å². The zero-order chi connectivity index (χ0) is 24.0. The van der Waals surface area contributed by atoms with E-state index in [4.69, 9.17) is 9.47 Å². The molecule has 0 aliphatic carbocycles. The number of hydrogen-bond acceptors (Lipinski definition) is 6. The Bertz CT molecular complexity index is 1270. The lowest BCUT2D eigenvalue weighted by atomic mass is 10.1. The monoisotopic (exact) mass is 443 g/mol. The fourth-order valence-corrected chi connectivity index (χ4v) is 3.64. The Hall–Kier alpha value is -4.14. The minimum Gasteiger partial charge on any atom is -0.455 e. The summed E-state index contributed by atoms with van der Waals surface area (Å²) in [5, 5.41) is 23.6. The Morgan fingerprint density at radius 2 is 1.91 bits per heavy atom. The molecule has 0 saturated carbocycles. The molecule has 0 fully saturated rings. The largest absolute Gasteiger partial charge is 0.455 e. The maximum Gasteiger partial charge on any atom is 0.349 e. The summed E-state index contributed by atoms with van der Waals surface area (Å²) >= 11 is 0. The molecule has 2 heterocycles. The maximum atomic E-state index is 12.7. The quantitative estimate of drug-likeness (QED) is 0.298. The number of ether oxygens (including phenoxy) is 2. The van der Waals surface area contributed by atoms with Crippen molar-refractivity contribution in [1.82, 2.24) is 14.3 Å². The van der Waals surface area contributed by atoms with Crippen LogP contribution >= 0.6 is 0 Å². The van der Waals surface area contributed by atoms with E-state index in [9.17, 15) is 15.3 Å². The second kappa shape index (κ2) is 10.4. The molecule has 0 amide bonds. The minimum absolute atomic E-state index is 0.122. The van der Waals surface area contributed by atoms with Gasteiger partial charge in [-0.15, -0.1) is 0 Å². The number of nitriles is 2. The average Bonchev–Trinajstić information content (AvgIpc) is 3.29. The molecule has 0 bridgehead atoms. The van der Waals surface area contributed by atoms with Crippen LogP contribution in [0.3, 0.4) is 0 Å². The van der Waals surface area contributed by atoms with E-state index >= 15 is 0 Å². The highest BCUT2D eigenvalue weighted by Gasteiger charge is 2.20. The van der Waals surface area contributed by atoms with Crippen LogP contribution in [0.4, 0.5) is 0 Å². The fourth-order valence-electron chi connectivity index (χ4n) is 3.64. The van der Waals surface area contributed by atoms with E-state index in [1.165, 1.54) is 6.08 Å². The standard InChI is InChI=1S/C25H25N5O3/c1-17-12-20(19(3)29(17)10-11-32-4)13-21(14-26)25(31)33-16-24-23(15-27)18(2)28-30(24)22-8-6-5-7-9-22/h5-9,12-13H,10-11,16H2,1-4H3/b21-13+. The lowest BCUT2D eigenvalue weighted by Gasteiger charge is -2.09. The summed E-state index contributed by atoms with van der Waals surface area (Å²) in [5.41, 5.74) is 4.64. The summed E-state index contributed by atoms with van der Waals surface area (Å²) in [6.45, 7) is 6.65. The molecule has 3 rings (SSSR count). The van der Waals surface area contributed by atoms with Crippen molar-refractivity contribution in [3.63, 3.8) is 0 Å². The second-order valence-electron chi connectivity index (χ2n) is 7.48. The molecule has 0 aliphatic heterocycles. The Kier molecular flexibility index (Phi) is 7.45. The third kappa shape index (κ3) is 5.03. The molecule has 0 saturated heterocycles. The van der Waals surface area contributed by atoms with E-state index in [0.29, 0.717) is 30.1 Å². The van der Waals surface area contributed by atoms with Crippen molar-refractivity contribution in [2.75, 3.05) is 13.7 Å². The SMILES string of the molecule is COCCn1c(C)cc(/C=C(\C#N)C(=O)OCc2c(C#N)c(C)nn2-c2ccccc2)c1C. The summed E-state index contributed by atoms with van der Waals surface area (Å²) in [4.78, 5) is 12.7. The number of para-hydroxylation sites is 1. The smallest absolute Gasteiger partial charge is 0.349 e. The Morgan fingerprint density at radius 3 is 2.55 bits per heavy atom. The number of nitrogens with zero attached hydrogens (tertiary/aromatic N) is 5. The van der Waals surface area contributed by atoms with Gasteiger partial charge < -0.3 is 14.0 Å². The van der Waals surface area contributed by atoms with Crippen LogP contribution in [0.15, 0.2) is 42.0 Å². The van der Waals surface area contributed by atoms with E-state index < -0.39 is 5.97 Å². The van der Waals surface area contributed by atoms with Gasteiger partial charge in [0.05, 0.1) is 23.7 Å². The zero-order valence-electron chi connectivity index (χ0n) is 19.1. The maximum absolute atomic E-state index is 12.7. The second-order valence-corrected chi connectivity index (χ2v) is 7.48. The van der Waals surface area contributed by atoms with E-state index in [-0.39, 0.29) is 12.2 Å². The highest BCUT2D eigenvalue weighted by atomic mass is 16.5. The highest BCUT2D eigenvalue weighted by molar-refractivity contribution is 5.98. The molecule has 0 radical (unpaired) electrons. The predicted octanol–water partition coefficient (Wildman–Crippen LogP) is 3.77. The van der Waals surface area contributed by atoms with Gasteiger partial charge in [0.15, 0.2) is 0 Å². The first-order valence-electron chi connectivity index (χ1n) is 10.4. The molecular weight excluding hydrogens is 418 g/mol. The van der Waals surface area contributed by atoms with Gasteiger partial charge in [0.25, 0.3) is 0 Å². The molecule has 2 aromatic heterocycles. The number of carbonyl (C=O) groups excluding carboxylic acids is 1. The van der Waals surface area contributed by atoms with Crippen LogP contribution in [0.2, 0.25) is 0 Å². The molecular formula is C25H25N5O3. The number of hydrogen-bond donors (Lipinski definition) is 0. The predicted molar refractivity (Wildman–Crippen MR) is 122 cm³/mol. The number of rotatable bonds is 8. The van der Waals surface area contributed by atoms with Crippen molar-refractivity contribution in [3.05, 3.63) is 75.9 Å². The third-order valence-electron chi connectivity index (χ3n) is 5.38. The molecule has 0 unspecified atom stereocenters. The number of benzene rings is 1. The van der Waals surface area contributed by atoms with Crippen molar-refractivity contribution in [2.24, 2.45) is 0 Å². The molecule has 8 nitrogen and oxygen atoms in total. The van der Waals surface area contributed by atoms with E-state index in [0.717, 1.165) is 22.6 Å². The molecule has 33 heavy (non-hydrogen) atoms. The van der Waals surface area contributed by atoms with Crippen LogP contribution in [-0.4, -0.2) is 34.0 Å². The summed E-state index contributed by atoms with van der Waals surface area (Å²) in [6.07, 6.45) is 1.53. The van der Waals surface area contributed by atoms with Crippen LogP contribution in [0, 0.1) is 43.4 Å². The third-order valence-corrected chi connectivity index (χ3v) is 5.38. The van der Waals surface area contributed by atoms with Crippen LogP contribution < -0.4 is 0 Å². The summed E-state index contributed by atoms with van der Waals surface area (Å²) < 4.78 is 14.2. The van der Waals surface area contributed by atoms with Gasteiger partial charge in [0.1, 0.15) is 29.9 Å². The summed E-state index contributed by atoms with van der Waals surface area (Å²) in [5.74, 6) is -0.762. The van der Waals surface area contributed by atoms with Crippen LogP contribution in [0.25, 0.3) is 11.8 Å². The number of aryl methyl sites for hydroxylation is 2. The Morgan fingerprint density at radius 1 is 1.18 bits per heavy atom. The zero-order valence-corrected chi connectivity index (χ0v) is 19.1. The van der Waals surface area contributed by atoms with Gasteiger partial charge in [-0.2, -0.15) is 15.6 Å². The van der Waals surface area contributed by atoms with Crippen LogP contribution in [-0.2, 0) is 27.4 Å². The molecule has 168 valence electrons. The lowest BCUT2D eigenvalue weighted by Crippen LogP contribution is -2.11. The molecule has 0 N–H and O–H groups in total. The number of methoxy groups -OCH3 is 1. The van der Waals surface area contributed by atoms with Crippen molar-refractivity contribution >= 4 is 12.0 Å². The van der Waals surface area contributed by atoms with E-state index in [1.807, 2.05) is 56.3 Å². The summed E-state index contributed by atoms with van der Waals surface area (Å²) in [7, 11) is 1.64. The van der Waals surface area contributed by atoms with Gasteiger partial charge in [-0.3, -0.25) is 0 Å². The first-order chi connectivity index (χ1) is 15.9. The lowest BCUT2D eigenvalue weighted by molar-refractivity contribution is -0.139. The van der Waals surface area contributed by atoms with Gasteiger partial charge in [-0.05, 0) is 50.6 Å². The first-order valence-corrected chi connectivity index (χ1v) is 10.4. The minimum atomic E-state index is -0.762. The topological polar surface area (TPSA) is 106 Å². The van der Waals surface area contributed by atoms with Gasteiger partial charge in [-0.25, -0.2) is 9.48 Å². The van der Waals surface area contributed by atoms with Crippen molar-refractivity contribution < 1.29 is 14.3 Å². The first kappa shape index (κ1) is 23.5. The summed E-state index contributed by atoms with van der Waals surface area (Å²) in [6, 6.07) is 15.2. The van der Waals surface area contributed by atoms with Crippen molar-refractivity contribution in [1.29, 1.82) is 10.5 Å². The van der Waals surface area contributed by atoms with Crippen LogP contribution in [0.5, 0.6) is 0 Å². The van der Waals surface area contributed by atoms with Gasteiger partial charge >= 0.3 is 5.97 Å². The molecule has 0 atom stereocenters. The molecule has 8 heteroatoms. The highest BCUT2D eigenvalue weighted by Crippen LogP contribution is 2.21. The Balaban J connectivity index is 1.85. The number of esters is 1. The number of aromatic nitrogens is 3. The Labute approximate surface area is 192 Å². The normalized spacial score (nSPS) is 11.2. The molecule has 3 aromatic rings. The van der Waals surface area contributed by atoms with Crippen LogP contribution in [0.1, 0.15) is 33.9 Å². The van der Waals surface area contributed by atoms with Gasteiger partial charge in [-0.1, -0.05) is 18.2 Å². The average molecular weight is 444 g/mol. The van der Waals surface area contributed by atoms with Gasteiger partial charge in [0.2, 0.25) is 0 Å². The van der Waals surface area contributed by atoms with Crippen molar-refractivity contribution in [2.45, 2.75) is 33.9 Å². The van der Waals surface area contributed by atoms with Gasteiger partial charge in [0, 0.05) is 25.0 Å². The molecule has 1 aromatic carbocycles. The molecule has 0 aliphatic rings. The van der Waals surface area contributed by atoms with E-state index in [2.05, 4.69) is 15.7 Å².